The molecule has 1 fully saturated rings. The Morgan fingerprint density at radius 1 is 1.15 bits per heavy atom. The van der Waals surface area contributed by atoms with Gasteiger partial charge >= 0.3 is 18.3 Å². The Bertz CT molecular complexity index is 1170. The van der Waals surface area contributed by atoms with E-state index in [0.29, 0.717) is 22.4 Å². The van der Waals surface area contributed by atoms with Crippen LogP contribution in [-0.4, -0.2) is 52.5 Å². The van der Waals surface area contributed by atoms with E-state index in [1.807, 2.05) is 0 Å². The van der Waals surface area contributed by atoms with Gasteiger partial charge in [-0.1, -0.05) is 16.8 Å². The number of amides is 1. The number of ether oxygens (including phenoxy) is 2. The van der Waals surface area contributed by atoms with E-state index in [0.717, 1.165) is 19.1 Å². The van der Waals surface area contributed by atoms with Crippen LogP contribution in [0.4, 0.5) is 30.7 Å². The zero-order valence-corrected chi connectivity index (χ0v) is 20.7. The fourth-order valence-electron chi connectivity index (χ4n) is 4.12. The molecular weight excluding hydrogens is 541 g/mol. The number of amidine groups is 1. The van der Waals surface area contributed by atoms with Gasteiger partial charge < -0.3 is 9.47 Å². The van der Waals surface area contributed by atoms with E-state index in [-0.39, 0.29) is 31.6 Å². The van der Waals surface area contributed by atoms with Gasteiger partial charge in [0.25, 0.3) is 5.84 Å². The summed E-state index contributed by atoms with van der Waals surface area (Å²) in [5, 5.41) is 9.25. The first-order valence-electron chi connectivity index (χ1n) is 11.5. The average Bonchev–Trinajstić information content (AvgIpc) is 2.84. The van der Waals surface area contributed by atoms with Gasteiger partial charge in [-0.3, -0.25) is 15.8 Å². The summed E-state index contributed by atoms with van der Waals surface area (Å²) >= 11 is 0. The number of rotatable bonds is 7. The Labute approximate surface area is 218 Å². The van der Waals surface area contributed by atoms with Crippen LogP contribution in [0.5, 0.6) is 0 Å². The number of hydrogen-bond donors (Lipinski definition) is 3. The summed E-state index contributed by atoms with van der Waals surface area (Å²) in [5.74, 6) is -1.35. The largest absolute Gasteiger partial charge is 0.416 e. The molecule has 3 rings (SSSR count). The van der Waals surface area contributed by atoms with Crippen molar-refractivity contribution in [2.24, 2.45) is 5.73 Å². The molecule has 0 unspecified atom stereocenters. The SMILES string of the molecule is CC(=O)/[N+](NO)=C(/N)CN1CCO[C@H](O[C@H](C)c2cc(C(F)(F)F)cc(C(F)(F)F)c2)[C@@H]1c1ccc(F)cc1. The van der Waals surface area contributed by atoms with Gasteiger partial charge in [-0.05, 0) is 48.4 Å². The maximum absolute atomic E-state index is 13.6. The smallest absolute Gasteiger partial charge is 0.349 e. The number of morpholine rings is 1. The lowest BCUT2D eigenvalue weighted by atomic mass is 10.0. The molecule has 214 valence electrons. The number of nitrogens with two attached hydrogens (primary N) is 1. The van der Waals surface area contributed by atoms with Gasteiger partial charge in [0.2, 0.25) is 0 Å². The molecule has 2 aromatic carbocycles. The standard InChI is InChI=1S/C24H25F7N4O4/c1-13(16-9-17(23(26,27)28)11-18(10-16)24(29,30)31)39-22-21(15-3-5-19(25)6-4-15)34(7-8-38-22)12-20(32)35(33-37)14(2)36/h3-6,9-11,13,21-22,32-33,37H,7-8,12H2,1-2H3/p+1/t13-,21+,22-/m1/s1. The highest BCUT2D eigenvalue weighted by atomic mass is 19.4. The van der Waals surface area contributed by atoms with Gasteiger partial charge in [-0.25, -0.2) is 9.18 Å². The molecule has 0 saturated carbocycles. The monoisotopic (exact) mass is 567 g/mol. The zero-order valence-electron chi connectivity index (χ0n) is 20.7. The van der Waals surface area contributed by atoms with Gasteiger partial charge in [0.15, 0.2) is 6.29 Å². The molecule has 4 N–H and O–H groups in total. The lowest BCUT2D eigenvalue weighted by Gasteiger charge is -2.41. The van der Waals surface area contributed by atoms with Crippen LogP contribution in [0.15, 0.2) is 42.5 Å². The van der Waals surface area contributed by atoms with Gasteiger partial charge in [0, 0.05) is 13.5 Å². The summed E-state index contributed by atoms with van der Waals surface area (Å²) in [6, 6.07) is 5.36. The molecule has 1 amide bonds. The number of carbonyl (C=O) groups excluding carboxylic acids is 1. The maximum Gasteiger partial charge on any atom is 0.416 e. The third kappa shape index (κ3) is 7.44. The Kier molecular flexibility index (Phi) is 9.20. The molecule has 1 saturated heterocycles. The zero-order chi connectivity index (χ0) is 29.1. The molecule has 39 heavy (non-hydrogen) atoms. The number of hydrazone groups is 1. The van der Waals surface area contributed by atoms with Crippen molar-refractivity contribution in [3.8, 4) is 0 Å². The minimum Gasteiger partial charge on any atom is -0.349 e. The van der Waals surface area contributed by atoms with Crippen LogP contribution < -0.4 is 11.3 Å². The van der Waals surface area contributed by atoms with Crippen molar-refractivity contribution < 1.29 is 54.9 Å². The molecule has 0 aromatic heterocycles. The second-order valence-electron chi connectivity index (χ2n) is 8.77. The number of nitrogens with one attached hydrogen (secondary N) is 1. The molecule has 0 radical (unpaired) electrons. The van der Waals surface area contributed by atoms with E-state index in [9.17, 15) is 40.7 Å². The van der Waals surface area contributed by atoms with Crippen LogP contribution in [-0.2, 0) is 26.6 Å². The normalized spacial score (nSPS) is 20.4. The van der Waals surface area contributed by atoms with Crippen LogP contribution in [0.25, 0.3) is 0 Å². The van der Waals surface area contributed by atoms with Crippen molar-refractivity contribution in [2.45, 2.75) is 44.6 Å². The minimum absolute atomic E-state index is 0.00534. The highest BCUT2D eigenvalue weighted by Gasteiger charge is 2.40. The summed E-state index contributed by atoms with van der Waals surface area (Å²) in [4.78, 5) is 13.4. The van der Waals surface area contributed by atoms with E-state index in [4.69, 9.17) is 15.2 Å². The van der Waals surface area contributed by atoms with E-state index in [1.54, 1.807) is 10.5 Å². The van der Waals surface area contributed by atoms with Crippen molar-refractivity contribution in [2.75, 3.05) is 19.7 Å². The second-order valence-corrected chi connectivity index (χ2v) is 8.77. The predicted molar refractivity (Wildman–Crippen MR) is 121 cm³/mol. The number of hydrazine groups is 1. The van der Waals surface area contributed by atoms with E-state index in [1.165, 1.54) is 19.1 Å². The summed E-state index contributed by atoms with van der Waals surface area (Å²) in [7, 11) is 0. The molecule has 1 aliphatic heterocycles. The van der Waals surface area contributed by atoms with Crippen LogP contribution >= 0.6 is 0 Å². The van der Waals surface area contributed by atoms with Crippen molar-refractivity contribution in [1.82, 2.24) is 10.5 Å². The molecule has 15 heteroatoms. The topological polar surface area (TPSA) is 100 Å². The van der Waals surface area contributed by atoms with Crippen LogP contribution in [0.2, 0.25) is 0 Å². The molecule has 3 atom stereocenters. The Morgan fingerprint density at radius 2 is 1.72 bits per heavy atom. The fourth-order valence-corrected chi connectivity index (χ4v) is 4.12. The molecule has 0 aliphatic carbocycles. The quantitative estimate of drug-likeness (QED) is 0.152. The Hall–Kier alpha value is -3.27. The highest BCUT2D eigenvalue weighted by Crippen LogP contribution is 2.39. The van der Waals surface area contributed by atoms with Crippen molar-refractivity contribution in [3.63, 3.8) is 0 Å². The molecule has 1 heterocycles. The number of alkyl halides is 6. The van der Waals surface area contributed by atoms with Crippen LogP contribution in [0.1, 0.15) is 48.2 Å². The van der Waals surface area contributed by atoms with Crippen molar-refractivity contribution in [1.29, 1.82) is 0 Å². The predicted octanol–water partition coefficient (Wildman–Crippen LogP) is 4.15. The first kappa shape index (κ1) is 30.3. The lowest BCUT2D eigenvalue weighted by Crippen LogP contribution is -2.52. The Balaban J connectivity index is 1.99. The molecule has 0 spiro atoms. The van der Waals surface area contributed by atoms with Crippen LogP contribution in [0, 0.1) is 5.82 Å². The van der Waals surface area contributed by atoms with Crippen molar-refractivity contribution >= 4 is 11.7 Å². The molecule has 1 aliphatic rings. The number of benzene rings is 2. The fraction of sp³-hybridized carbons (Fsp3) is 0.417. The van der Waals surface area contributed by atoms with E-state index in [2.05, 4.69) is 0 Å². The van der Waals surface area contributed by atoms with E-state index >= 15 is 0 Å². The van der Waals surface area contributed by atoms with Gasteiger partial charge in [0.1, 0.15) is 12.4 Å². The number of nitrogens with zero attached hydrogens (tertiary/aromatic N) is 2. The Morgan fingerprint density at radius 3 is 2.21 bits per heavy atom. The maximum atomic E-state index is 13.6. The summed E-state index contributed by atoms with van der Waals surface area (Å²) < 4.78 is 106. The van der Waals surface area contributed by atoms with E-state index < -0.39 is 59.2 Å². The number of carbonyl (C=O) groups is 1. The minimum atomic E-state index is -5.04. The second kappa shape index (κ2) is 11.9. The van der Waals surface area contributed by atoms with Gasteiger partial charge in [-0.15, -0.1) is 5.59 Å². The summed E-state index contributed by atoms with van der Waals surface area (Å²) in [6.45, 7) is 2.44. The number of hydrogen-bond acceptors (Lipinski definition) is 6. The molecule has 2 aromatic rings. The highest BCUT2D eigenvalue weighted by molar-refractivity contribution is 5.83. The summed E-state index contributed by atoms with van der Waals surface area (Å²) in [6.07, 6.45) is -12.7. The third-order valence-electron chi connectivity index (χ3n) is 6.01. The summed E-state index contributed by atoms with van der Waals surface area (Å²) in [5.41, 5.74) is 4.67. The number of halogens is 7. The molecule has 8 nitrogen and oxygen atoms in total. The first-order valence-corrected chi connectivity index (χ1v) is 11.5. The van der Waals surface area contributed by atoms with Gasteiger partial charge in [0.05, 0.1) is 29.9 Å². The lowest BCUT2D eigenvalue weighted by molar-refractivity contribution is -0.566. The van der Waals surface area contributed by atoms with Gasteiger partial charge in [-0.2, -0.15) is 26.3 Å². The third-order valence-corrected chi connectivity index (χ3v) is 6.01. The molecule has 0 bridgehead atoms. The first-order chi connectivity index (χ1) is 18.1. The average molecular weight is 567 g/mol. The van der Waals surface area contributed by atoms with Crippen molar-refractivity contribution in [3.05, 3.63) is 70.5 Å². The van der Waals surface area contributed by atoms with Crippen LogP contribution in [0.3, 0.4) is 0 Å². The molecular formula is C24H26F7N4O4+.